The fourth-order valence-corrected chi connectivity index (χ4v) is 7.79. The third-order valence-corrected chi connectivity index (χ3v) is 9.71. The Labute approximate surface area is 258 Å². The summed E-state index contributed by atoms with van der Waals surface area (Å²) in [5.41, 5.74) is 4.59. The lowest BCUT2D eigenvalue weighted by atomic mass is 9.77. The van der Waals surface area contributed by atoms with Gasteiger partial charge in [-0.15, -0.1) is 0 Å². The number of ether oxygens (including phenoxy) is 1. The van der Waals surface area contributed by atoms with E-state index in [2.05, 4.69) is 69.8 Å². The Bertz CT molecular complexity index is 1180. The molecule has 0 N–H and O–H groups in total. The van der Waals surface area contributed by atoms with Crippen LogP contribution in [-0.4, -0.2) is 60.5 Å². The Balaban J connectivity index is 1.54. The second-order valence-electron chi connectivity index (χ2n) is 14.0. The van der Waals surface area contributed by atoms with Crippen molar-refractivity contribution in [2.75, 3.05) is 27.2 Å². The summed E-state index contributed by atoms with van der Waals surface area (Å²) in [6, 6.07) is 11.6. The van der Waals surface area contributed by atoms with Crippen LogP contribution >= 0.6 is 11.6 Å². The number of likely N-dealkylation sites (tertiary alicyclic amines) is 1. The molecule has 2 unspecified atom stereocenters. The lowest BCUT2D eigenvalue weighted by molar-refractivity contribution is -0.122. The van der Waals surface area contributed by atoms with Gasteiger partial charge in [-0.1, -0.05) is 29.8 Å². The van der Waals surface area contributed by atoms with E-state index >= 15 is 0 Å². The lowest BCUT2D eigenvalue weighted by Crippen LogP contribution is -2.34. The van der Waals surface area contributed by atoms with Crippen molar-refractivity contribution in [3.05, 3.63) is 69.5 Å². The normalized spacial score (nSPS) is 23.3. The topological polar surface area (TPSA) is 32.8 Å². The van der Waals surface area contributed by atoms with Gasteiger partial charge in [-0.25, -0.2) is 4.39 Å². The SMILES string of the molecule is CC(=O)C(c1cccc(C)c1C1CCC(OC(C)(C)C)CC1)N(C)CCC(C[C@@H]1CCCN1C)c1cc(F)cc(Cl)c1. The van der Waals surface area contributed by atoms with Crippen molar-refractivity contribution in [3.63, 3.8) is 0 Å². The summed E-state index contributed by atoms with van der Waals surface area (Å²) >= 11 is 6.31. The van der Waals surface area contributed by atoms with Crippen LogP contribution in [0, 0.1) is 12.7 Å². The van der Waals surface area contributed by atoms with E-state index in [0.717, 1.165) is 69.2 Å². The van der Waals surface area contributed by atoms with Crippen molar-refractivity contribution in [3.8, 4) is 0 Å². The monoisotopic (exact) mass is 598 g/mol. The van der Waals surface area contributed by atoms with Crippen LogP contribution in [0.5, 0.6) is 0 Å². The maximum atomic E-state index is 14.4. The van der Waals surface area contributed by atoms with E-state index in [4.69, 9.17) is 16.3 Å². The van der Waals surface area contributed by atoms with Gasteiger partial charge in [0, 0.05) is 11.1 Å². The summed E-state index contributed by atoms with van der Waals surface area (Å²) in [5.74, 6) is 0.462. The van der Waals surface area contributed by atoms with Gasteiger partial charge in [0.1, 0.15) is 5.82 Å². The molecule has 2 aromatic rings. The number of hydrogen-bond donors (Lipinski definition) is 0. The van der Waals surface area contributed by atoms with Crippen LogP contribution in [0.1, 0.15) is 119 Å². The van der Waals surface area contributed by atoms with Crippen molar-refractivity contribution >= 4 is 17.4 Å². The summed E-state index contributed by atoms with van der Waals surface area (Å²) in [7, 11) is 4.26. The van der Waals surface area contributed by atoms with Gasteiger partial charge in [0.25, 0.3) is 0 Å². The van der Waals surface area contributed by atoms with Gasteiger partial charge in [-0.3, -0.25) is 9.69 Å². The molecule has 1 aliphatic carbocycles. The number of hydrogen-bond acceptors (Lipinski definition) is 4. The van der Waals surface area contributed by atoms with Crippen LogP contribution < -0.4 is 0 Å². The summed E-state index contributed by atoms with van der Waals surface area (Å²) in [6.45, 7) is 12.1. The average Bonchev–Trinajstić information content (AvgIpc) is 3.30. The largest absolute Gasteiger partial charge is 0.373 e. The number of benzene rings is 2. The average molecular weight is 599 g/mol. The summed E-state index contributed by atoms with van der Waals surface area (Å²) in [6.07, 6.45) is 8.70. The first kappa shape index (κ1) is 33.1. The van der Waals surface area contributed by atoms with Crippen LogP contribution in [0.2, 0.25) is 5.02 Å². The molecule has 3 atom stereocenters. The van der Waals surface area contributed by atoms with Gasteiger partial charge in [0.15, 0.2) is 5.78 Å². The molecular formula is C36H52ClFN2O2. The molecule has 6 heteroatoms. The number of likely N-dealkylation sites (N-methyl/N-ethyl adjacent to an activating group) is 1. The Hall–Kier alpha value is -1.79. The zero-order chi connectivity index (χ0) is 30.6. The first-order valence-electron chi connectivity index (χ1n) is 16.0. The number of halogens is 2. The van der Waals surface area contributed by atoms with Gasteiger partial charge in [-0.2, -0.15) is 0 Å². The van der Waals surface area contributed by atoms with Crippen LogP contribution in [0.4, 0.5) is 4.39 Å². The number of carbonyl (C=O) groups excluding carboxylic acids is 1. The minimum absolute atomic E-state index is 0.129. The molecule has 42 heavy (non-hydrogen) atoms. The molecule has 232 valence electrons. The first-order chi connectivity index (χ1) is 19.8. The van der Waals surface area contributed by atoms with Crippen molar-refractivity contribution in [2.45, 2.75) is 122 Å². The third-order valence-electron chi connectivity index (χ3n) is 9.50. The number of ketones is 1. The zero-order valence-electron chi connectivity index (χ0n) is 26.9. The van der Waals surface area contributed by atoms with E-state index in [0.29, 0.717) is 23.1 Å². The molecule has 0 aromatic heterocycles. The fourth-order valence-electron chi connectivity index (χ4n) is 7.56. The highest BCUT2D eigenvalue weighted by Crippen LogP contribution is 2.41. The first-order valence-corrected chi connectivity index (χ1v) is 16.3. The standard InChI is InChI=1S/C36H52ClFN2O2/c1-24-10-8-12-33(34(24)26-13-15-32(16-14-26)42-36(3,4)5)35(25(2)41)40(7)19-17-27(22-31-11-9-18-39(31)6)28-20-29(37)23-30(38)21-28/h8,10,12,20-21,23,26-27,31-32,35H,9,11,13-19,22H2,1-7H3/t26?,27?,31-,32?,35?/m0/s1. The Morgan fingerprint density at radius 1 is 1.14 bits per heavy atom. The predicted molar refractivity (Wildman–Crippen MR) is 172 cm³/mol. The quantitative estimate of drug-likeness (QED) is 0.259. The Kier molecular flexibility index (Phi) is 11.3. The number of rotatable bonds is 11. The fraction of sp³-hybridized carbons (Fsp3) is 0.639. The smallest absolute Gasteiger partial charge is 0.151 e. The molecule has 2 aromatic carbocycles. The van der Waals surface area contributed by atoms with Crippen LogP contribution in [-0.2, 0) is 9.53 Å². The van der Waals surface area contributed by atoms with E-state index in [9.17, 15) is 9.18 Å². The second kappa shape index (κ2) is 14.3. The number of nitrogens with zero attached hydrogens (tertiary/aromatic N) is 2. The molecule has 0 amide bonds. The van der Waals surface area contributed by atoms with E-state index in [1.807, 2.05) is 6.07 Å². The molecule has 0 bridgehead atoms. The predicted octanol–water partition coefficient (Wildman–Crippen LogP) is 8.85. The molecular weight excluding hydrogens is 547 g/mol. The van der Waals surface area contributed by atoms with Crippen molar-refractivity contribution in [1.29, 1.82) is 0 Å². The van der Waals surface area contributed by atoms with E-state index < -0.39 is 0 Å². The maximum absolute atomic E-state index is 14.4. The van der Waals surface area contributed by atoms with Crippen LogP contribution in [0.3, 0.4) is 0 Å². The van der Waals surface area contributed by atoms with E-state index in [1.54, 1.807) is 13.0 Å². The zero-order valence-corrected chi connectivity index (χ0v) is 27.6. The maximum Gasteiger partial charge on any atom is 0.151 e. The van der Waals surface area contributed by atoms with E-state index in [-0.39, 0.29) is 29.2 Å². The van der Waals surface area contributed by atoms with Crippen molar-refractivity contribution in [1.82, 2.24) is 9.80 Å². The highest BCUT2D eigenvalue weighted by molar-refractivity contribution is 6.30. The summed E-state index contributed by atoms with van der Waals surface area (Å²) in [4.78, 5) is 18.0. The molecule has 2 fully saturated rings. The summed E-state index contributed by atoms with van der Waals surface area (Å²) < 4.78 is 20.7. The molecule has 1 saturated carbocycles. The van der Waals surface area contributed by atoms with Crippen LogP contribution in [0.25, 0.3) is 0 Å². The summed E-state index contributed by atoms with van der Waals surface area (Å²) in [5, 5.41) is 0.441. The third kappa shape index (κ3) is 8.65. The van der Waals surface area contributed by atoms with Gasteiger partial charge in [0.05, 0.1) is 17.7 Å². The molecule has 0 radical (unpaired) electrons. The highest BCUT2D eigenvalue weighted by atomic mass is 35.5. The minimum Gasteiger partial charge on any atom is -0.373 e. The molecule has 4 nitrogen and oxygen atoms in total. The van der Waals surface area contributed by atoms with Crippen LogP contribution in [0.15, 0.2) is 36.4 Å². The van der Waals surface area contributed by atoms with Crippen molar-refractivity contribution in [2.24, 2.45) is 0 Å². The number of aryl methyl sites for hydroxylation is 1. The lowest BCUT2D eigenvalue weighted by Gasteiger charge is -2.36. The Morgan fingerprint density at radius 2 is 1.86 bits per heavy atom. The molecule has 0 spiro atoms. The molecule has 1 heterocycles. The highest BCUT2D eigenvalue weighted by Gasteiger charge is 2.33. The molecule has 1 saturated heterocycles. The molecule has 4 rings (SSSR count). The number of Topliss-reactive ketones (excluding diaryl/α,β-unsaturated/α-hetero) is 1. The van der Waals surface area contributed by atoms with Gasteiger partial charge >= 0.3 is 0 Å². The van der Waals surface area contributed by atoms with Crippen molar-refractivity contribution < 1.29 is 13.9 Å². The number of carbonyl (C=O) groups is 1. The van der Waals surface area contributed by atoms with Gasteiger partial charge < -0.3 is 9.64 Å². The second-order valence-corrected chi connectivity index (χ2v) is 14.4. The molecule has 2 aliphatic rings. The van der Waals surface area contributed by atoms with Gasteiger partial charge in [-0.05, 0) is 165 Å². The van der Waals surface area contributed by atoms with Gasteiger partial charge in [0.2, 0.25) is 0 Å². The minimum atomic E-state index is -0.311. The molecule has 1 aliphatic heterocycles. The van der Waals surface area contributed by atoms with E-state index in [1.165, 1.54) is 23.6 Å². The Morgan fingerprint density at radius 3 is 2.45 bits per heavy atom.